The van der Waals surface area contributed by atoms with Crippen LogP contribution in [0.4, 0.5) is 0 Å². The van der Waals surface area contributed by atoms with Crippen molar-refractivity contribution in [3.05, 3.63) is 84.5 Å². The van der Waals surface area contributed by atoms with Gasteiger partial charge in [0.05, 0.1) is 12.7 Å². The lowest BCUT2D eigenvalue weighted by Crippen LogP contribution is -2.05. The maximum atomic E-state index is 12.2. The minimum Gasteiger partial charge on any atom is -0.497 e. The van der Waals surface area contributed by atoms with E-state index < -0.39 is 5.97 Å². The van der Waals surface area contributed by atoms with E-state index in [1.54, 1.807) is 25.3 Å². The van der Waals surface area contributed by atoms with Crippen molar-refractivity contribution in [2.45, 2.75) is 6.61 Å². The van der Waals surface area contributed by atoms with Gasteiger partial charge in [-0.05, 0) is 48.5 Å². The molecule has 0 aliphatic rings. The monoisotopic (exact) mass is 375 g/mol. The van der Waals surface area contributed by atoms with Gasteiger partial charge in [-0.3, -0.25) is 0 Å². The highest BCUT2D eigenvalue weighted by atomic mass is 16.6. The van der Waals surface area contributed by atoms with E-state index >= 15 is 0 Å². The van der Waals surface area contributed by atoms with Gasteiger partial charge in [-0.25, -0.2) is 4.79 Å². The van der Waals surface area contributed by atoms with Gasteiger partial charge in [-0.2, -0.15) is 4.98 Å². The van der Waals surface area contributed by atoms with E-state index in [0.29, 0.717) is 17.1 Å². The second kappa shape index (κ2) is 7.79. The molecule has 0 fully saturated rings. The molecular formula is C21H17N3O4. The lowest BCUT2D eigenvalue weighted by molar-refractivity contribution is 0.0430. The first-order valence-electron chi connectivity index (χ1n) is 8.60. The fourth-order valence-corrected chi connectivity index (χ4v) is 2.68. The molecule has 0 aliphatic heterocycles. The summed E-state index contributed by atoms with van der Waals surface area (Å²) >= 11 is 0. The lowest BCUT2D eigenvalue weighted by Gasteiger charge is -2.05. The second-order valence-corrected chi connectivity index (χ2v) is 5.96. The van der Waals surface area contributed by atoms with Crippen LogP contribution in [0.15, 0.2) is 77.6 Å². The number of benzene rings is 2. The Morgan fingerprint density at radius 1 is 1.07 bits per heavy atom. The van der Waals surface area contributed by atoms with Crippen LogP contribution in [0.1, 0.15) is 16.2 Å². The third-order valence-electron chi connectivity index (χ3n) is 4.13. The summed E-state index contributed by atoms with van der Waals surface area (Å²) in [7, 11) is 1.59. The maximum Gasteiger partial charge on any atom is 0.338 e. The van der Waals surface area contributed by atoms with Gasteiger partial charge in [0.25, 0.3) is 5.89 Å². The summed E-state index contributed by atoms with van der Waals surface area (Å²) in [4.78, 5) is 16.5. The van der Waals surface area contributed by atoms with E-state index in [4.69, 9.17) is 14.0 Å². The van der Waals surface area contributed by atoms with Crippen LogP contribution >= 0.6 is 0 Å². The fourth-order valence-electron chi connectivity index (χ4n) is 2.68. The van der Waals surface area contributed by atoms with Crippen molar-refractivity contribution in [2.24, 2.45) is 0 Å². The van der Waals surface area contributed by atoms with Crippen LogP contribution in [0.2, 0.25) is 0 Å². The highest BCUT2D eigenvalue weighted by Crippen LogP contribution is 2.21. The van der Waals surface area contributed by atoms with Crippen molar-refractivity contribution in [1.29, 1.82) is 0 Å². The molecule has 0 bridgehead atoms. The molecule has 0 atom stereocenters. The van der Waals surface area contributed by atoms with Gasteiger partial charge in [0.2, 0.25) is 5.82 Å². The Morgan fingerprint density at radius 3 is 2.61 bits per heavy atom. The Morgan fingerprint density at radius 2 is 1.86 bits per heavy atom. The molecular weight excluding hydrogens is 358 g/mol. The zero-order chi connectivity index (χ0) is 19.3. The second-order valence-electron chi connectivity index (χ2n) is 5.96. The number of hydrogen-bond acceptors (Lipinski definition) is 6. The van der Waals surface area contributed by atoms with Crippen LogP contribution in [-0.2, 0) is 11.3 Å². The van der Waals surface area contributed by atoms with Crippen LogP contribution in [0.5, 0.6) is 5.75 Å². The van der Waals surface area contributed by atoms with Gasteiger partial charge in [0.15, 0.2) is 6.61 Å². The Bertz CT molecular complexity index is 1070. The predicted molar refractivity (Wildman–Crippen MR) is 101 cm³/mol. The maximum absolute atomic E-state index is 12.2. The summed E-state index contributed by atoms with van der Waals surface area (Å²) in [6, 6.07) is 18.3. The number of methoxy groups -OCH3 is 1. The van der Waals surface area contributed by atoms with Crippen molar-refractivity contribution >= 4 is 5.97 Å². The smallest absolute Gasteiger partial charge is 0.338 e. The third-order valence-corrected chi connectivity index (χ3v) is 4.13. The van der Waals surface area contributed by atoms with Crippen LogP contribution < -0.4 is 4.74 Å². The van der Waals surface area contributed by atoms with Gasteiger partial charge < -0.3 is 18.6 Å². The molecule has 0 radical (unpaired) electrons. The zero-order valence-corrected chi connectivity index (χ0v) is 15.1. The van der Waals surface area contributed by atoms with Crippen LogP contribution in [0.25, 0.3) is 17.1 Å². The molecule has 140 valence electrons. The summed E-state index contributed by atoms with van der Waals surface area (Å²) in [5, 5.41) is 3.92. The Labute approximate surface area is 161 Å². The molecule has 0 saturated carbocycles. The molecule has 2 aromatic carbocycles. The number of carbonyl (C=O) groups is 1. The third kappa shape index (κ3) is 3.78. The number of esters is 1. The summed E-state index contributed by atoms with van der Waals surface area (Å²) in [6.45, 7) is -0.102. The number of carbonyl (C=O) groups excluding carboxylic acids is 1. The summed E-state index contributed by atoms with van der Waals surface area (Å²) in [5.74, 6) is 0.856. The number of nitrogens with zero attached hydrogens (tertiary/aromatic N) is 3. The van der Waals surface area contributed by atoms with Crippen LogP contribution in [-0.4, -0.2) is 27.8 Å². The molecule has 0 amide bonds. The summed E-state index contributed by atoms with van der Waals surface area (Å²) < 4.78 is 17.6. The first-order valence-corrected chi connectivity index (χ1v) is 8.60. The number of ether oxygens (including phenoxy) is 2. The molecule has 0 aliphatic carbocycles. The van der Waals surface area contributed by atoms with Gasteiger partial charge >= 0.3 is 5.97 Å². The molecule has 2 aromatic heterocycles. The molecule has 7 heteroatoms. The van der Waals surface area contributed by atoms with Gasteiger partial charge in [0, 0.05) is 23.6 Å². The first kappa shape index (κ1) is 17.5. The molecule has 0 saturated heterocycles. The van der Waals surface area contributed by atoms with Crippen molar-refractivity contribution in [2.75, 3.05) is 7.11 Å². The quantitative estimate of drug-likeness (QED) is 0.476. The standard InChI is InChI=1S/C21H17N3O4/c1-26-18-6-4-5-16(13-18)20-22-19(28-23-20)14-27-21(25)15-7-9-17(10-8-15)24-11-2-3-12-24/h2-13H,14H2,1H3. The average Bonchev–Trinajstić information content (AvgIpc) is 3.44. The fraction of sp³-hybridized carbons (Fsp3) is 0.0952. The van der Waals surface area contributed by atoms with E-state index in [2.05, 4.69) is 10.1 Å². The van der Waals surface area contributed by atoms with Crippen molar-refractivity contribution in [3.8, 4) is 22.8 Å². The summed E-state index contributed by atoms with van der Waals surface area (Å²) in [6.07, 6.45) is 3.87. The molecule has 7 nitrogen and oxygen atoms in total. The van der Waals surface area contributed by atoms with E-state index in [0.717, 1.165) is 11.3 Å². The first-order chi connectivity index (χ1) is 13.7. The van der Waals surface area contributed by atoms with E-state index in [1.165, 1.54) is 0 Å². The van der Waals surface area contributed by atoms with Crippen molar-refractivity contribution < 1.29 is 18.8 Å². The van der Waals surface area contributed by atoms with Crippen LogP contribution in [0, 0.1) is 0 Å². The number of hydrogen-bond donors (Lipinski definition) is 0. The Hall–Kier alpha value is -3.87. The predicted octanol–water partition coefficient (Wildman–Crippen LogP) is 3.89. The topological polar surface area (TPSA) is 79.4 Å². The van der Waals surface area contributed by atoms with E-state index in [9.17, 15) is 4.79 Å². The van der Waals surface area contributed by atoms with Crippen molar-refractivity contribution in [1.82, 2.24) is 14.7 Å². The molecule has 4 aromatic rings. The van der Waals surface area contributed by atoms with E-state index in [1.807, 2.05) is 59.4 Å². The average molecular weight is 375 g/mol. The normalized spacial score (nSPS) is 10.6. The molecule has 4 rings (SSSR count). The number of rotatable bonds is 6. The minimum atomic E-state index is -0.458. The summed E-state index contributed by atoms with van der Waals surface area (Å²) in [5.41, 5.74) is 2.16. The molecule has 0 unspecified atom stereocenters. The molecule has 28 heavy (non-hydrogen) atoms. The number of aromatic nitrogens is 3. The van der Waals surface area contributed by atoms with Gasteiger partial charge in [-0.1, -0.05) is 17.3 Å². The Kier molecular flexibility index (Phi) is 4.88. The van der Waals surface area contributed by atoms with Crippen molar-refractivity contribution in [3.63, 3.8) is 0 Å². The largest absolute Gasteiger partial charge is 0.497 e. The molecule has 0 spiro atoms. The van der Waals surface area contributed by atoms with Gasteiger partial charge in [-0.15, -0.1) is 0 Å². The highest BCUT2D eigenvalue weighted by molar-refractivity contribution is 5.89. The van der Waals surface area contributed by atoms with Gasteiger partial charge in [0.1, 0.15) is 5.75 Å². The zero-order valence-electron chi connectivity index (χ0n) is 15.1. The van der Waals surface area contributed by atoms with E-state index in [-0.39, 0.29) is 12.5 Å². The van der Waals surface area contributed by atoms with Crippen LogP contribution in [0.3, 0.4) is 0 Å². The SMILES string of the molecule is COc1cccc(-c2noc(COC(=O)c3ccc(-n4cccc4)cc3)n2)c1. The minimum absolute atomic E-state index is 0.102. The Balaban J connectivity index is 1.39. The highest BCUT2D eigenvalue weighted by Gasteiger charge is 2.13. The molecule has 2 heterocycles. The molecule has 0 N–H and O–H groups in total. The lowest BCUT2D eigenvalue weighted by atomic mass is 10.2.